The summed E-state index contributed by atoms with van der Waals surface area (Å²) in [6.07, 6.45) is 7.61. The average Bonchev–Trinajstić information content (AvgIpc) is 2.39. The third-order valence-electron chi connectivity index (χ3n) is 4.11. The van der Waals surface area contributed by atoms with Gasteiger partial charge >= 0.3 is 0 Å². The van der Waals surface area contributed by atoms with Crippen molar-refractivity contribution >= 4 is 0 Å². The summed E-state index contributed by atoms with van der Waals surface area (Å²) in [5.74, 6) is 0.202. The lowest BCUT2D eigenvalue weighted by atomic mass is 9.76. The first-order valence-electron chi connectivity index (χ1n) is 6.99. The van der Waals surface area contributed by atoms with Crippen LogP contribution < -0.4 is 0 Å². The molecule has 3 rings (SSSR count). The van der Waals surface area contributed by atoms with E-state index in [1.165, 1.54) is 11.1 Å². The van der Waals surface area contributed by atoms with E-state index in [-0.39, 0.29) is 5.92 Å². The van der Waals surface area contributed by atoms with Crippen molar-refractivity contribution in [1.29, 1.82) is 0 Å². The number of fused-ring (bicyclic) bond motifs is 1. The predicted octanol–water partition coefficient (Wildman–Crippen LogP) is 2.76. The maximum atomic E-state index is 10.7. The number of likely N-dealkylation sites (tertiary alicyclic amines) is 1. The second-order valence-electron chi connectivity index (χ2n) is 5.91. The Morgan fingerprint density at radius 1 is 1.32 bits per heavy atom. The molecule has 1 aliphatic carbocycles. The van der Waals surface area contributed by atoms with Crippen LogP contribution in [0.5, 0.6) is 0 Å². The molecule has 100 valence electrons. The van der Waals surface area contributed by atoms with Crippen LogP contribution in [0, 0.1) is 5.92 Å². The maximum absolute atomic E-state index is 10.7. The van der Waals surface area contributed by atoms with Crippen molar-refractivity contribution in [3.05, 3.63) is 59.7 Å². The fourth-order valence-corrected chi connectivity index (χ4v) is 3.27. The Kier molecular flexibility index (Phi) is 3.29. The molecule has 1 heterocycles. The highest BCUT2D eigenvalue weighted by Gasteiger charge is 2.39. The van der Waals surface area contributed by atoms with Gasteiger partial charge in [0, 0.05) is 25.6 Å². The van der Waals surface area contributed by atoms with E-state index in [0.717, 1.165) is 26.1 Å². The molecule has 19 heavy (non-hydrogen) atoms. The first-order chi connectivity index (χ1) is 9.15. The molecule has 1 aliphatic heterocycles. The normalized spacial score (nSPS) is 30.8. The van der Waals surface area contributed by atoms with E-state index in [4.69, 9.17) is 0 Å². The van der Waals surface area contributed by atoms with Crippen molar-refractivity contribution < 1.29 is 5.11 Å². The van der Waals surface area contributed by atoms with Gasteiger partial charge in [0.05, 0.1) is 5.60 Å². The third kappa shape index (κ3) is 2.65. The van der Waals surface area contributed by atoms with Crippen molar-refractivity contribution in [3.63, 3.8) is 0 Å². The lowest BCUT2D eigenvalue weighted by Crippen LogP contribution is -2.52. The topological polar surface area (TPSA) is 23.5 Å². The number of hydrogen-bond acceptors (Lipinski definition) is 2. The lowest BCUT2D eigenvalue weighted by Gasteiger charge is -2.44. The van der Waals surface area contributed by atoms with Gasteiger partial charge in [0.1, 0.15) is 0 Å². The van der Waals surface area contributed by atoms with Gasteiger partial charge in [0.25, 0.3) is 0 Å². The molecule has 1 fully saturated rings. The number of piperidine rings is 1. The highest BCUT2D eigenvalue weighted by molar-refractivity contribution is 5.28. The van der Waals surface area contributed by atoms with Crippen LogP contribution in [0.15, 0.2) is 54.1 Å². The number of β-amino-alcohol motifs (C(OH)–C–C–N with tert-alkyl or cyclic N) is 1. The number of nitrogens with zero attached hydrogens (tertiary/aromatic N) is 1. The van der Waals surface area contributed by atoms with Crippen molar-refractivity contribution in [2.24, 2.45) is 5.92 Å². The Morgan fingerprint density at radius 2 is 2.11 bits per heavy atom. The minimum absolute atomic E-state index is 0.202. The number of rotatable bonds is 2. The first kappa shape index (κ1) is 12.6. The van der Waals surface area contributed by atoms with Crippen LogP contribution in [-0.2, 0) is 6.54 Å². The van der Waals surface area contributed by atoms with Crippen molar-refractivity contribution in [1.82, 2.24) is 4.90 Å². The molecule has 0 bridgehead atoms. The Hall–Kier alpha value is -1.38. The molecule has 1 aromatic rings. The highest BCUT2D eigenvalue weighted by atomic mass is 16.3. The van der Waals surface area contributed by atoms with Gasteiger partial charge in [-0.25, -0.2) is 0 Å². The van der Waals surface area contributed by atoms with Gasteiger partial charge in [-0.3, -0.25) is 4.90 Å². The molecule has 1 aromatic carbocycles. The number of allylic oxidation sites excluding steroid dienone is 2. The summed E-state index contributed by atoms with van der Waals surface area (Å²) in [7, 11) is 0. The quantitative estimate of drug-likeness (QED) is 0.821. The van der Waals surface area contributed by atoms with Gasteiger partial charge in [-0.2, -0.15) is 0 Å². The number of aliphatic hydroxyl groups is 1. The zero-order valence-electron chi connectivity index (χ0n) is 11.4. The first-order valence-corrected chi connectivity index (χ1v) is 6.99. The van der Waals surface area contributed by atoms with Gasteiger partial charge < -0.3 is 5.11 Å². The van der Waals surface area contributed by atoms with Gasteiger partial charge in [0.2, 0.25) is 0 Å². The van der Waals surface area contributed by atoms with Crippen LogP contribution in [-0.4, -0.2) is 28.7 Å². The number of hydrogen-bond donors (Lipinski definition) is 1. The molecule has 2 aliphatic rings. The molecule has 2 atom stereocenters. The molecular weight excluding hydrogens is 234 g/mol. The molecule has 0 amide bonds. The molecular formula is C17H21NO. The molecule has 0 unspecified atom stereocenters. The van der Waals surface area contributed by atoms with Crippen LogP contribution in [0.25, 0.3) is 0 Å². The summed E-state index contributed by atoms with van der Waals surface area (Å²) in [4.78, 5) is 2.34. The van der Waals surface area contributed by atoms with Crippen LogP contribution in [0.3, 0.4) is 0 Å². The van der Waals surface area contributed by atoms with Gasteiger partial charge in [-0.05, 0) is 18.9 Å². The highest BCUT2D eigenvalue weighted by Crippen LogP contribution is 2.35. The summed E-state index contributed by atoms with van der Waals surface area (Å²) < 4.78 is 0. The molecule has 0 spiro atoms. The van der Waals surface area contributed by atoms with Crippen LogP contribution in [0.1, 0.15) is 18.9 Å². The van der Waals surface area contributed by atoms with Crippen LogP contribution in [0.4, 0.5) is 0 Å². The lowest BCUT2D eigenvalue weighted by molar-refractivity contribution is -0.0260. The van der Waals surface area contributed by atoms with E-state index >= 15 is 0 Å². The van der Waals surface area contributed by atoms with E-state index in [2.05, 4.69) is 47.4 Å². The largest absolute Gasteiger partial charge is 0.388 e. The molecule has 0 radical (unpaired) electrons. The standard InChI is InChI=1S/C17H21NO/c1-17(19)13-18(11-14-7-3-2-4-8-14)12-15-9-5-6-10-16(15)17/h2-4,6-10,16,19H,5,11-13H2,1H3/t16-,17+/m0/s1. The minimum atomic E-state index is -0.657. The van der Waals surface area contributed by atoms with Crippen molar-refractivity contribution in [2.45, 2.75) is 25.5 Å². The molecule has 2 nitrogen and oxygen atoms in total. The number of benzene rings is 1. The molecule has 1 N–H and O–H groups in total. The summed E-state index contributed by atoms with van der Waals surface area (Å²) in [5.41, 5.74) is 2.02. The fraction of sp³-hybridized carbons (Fsp3) is 0.412. The molecule has 2 heteroatoms. The Bertz CT molecular complexity index is 501. The van der Waals surface area contributed by atoms with Crippen LogP contribution >= 0.6 is 0 Å². The minimum Gasteiger partial charge on any atom is -0.388 e. The second kappa shape index (κ2) is 4.95. The molecule has 0 saturated carbocycles. The van der Waals surface area contributed by atoms with Crippen molar-refractivity contribution in [3.8, 4) is 0 Å². The van der Waals surface area contributed by atoms with Crippen LogP contribution in [0.2, 0.25) is 0 Å². The van der Waals surface area contributed by atoms with E-state index in [1.807, 2.05) is 13.0 Å². The SMILES string of the molecule is C[C@@]1(O)CN(Cc2ccccc2)CC2=CCC=C[C@@H]21. The zero-order chi connectivity index (χ0) is 13.3. The summed E-state index contributed by atoms with van der Waals surface area (Å²) >= 11 is 0. The Morgan fingerprint density at radius 3 is 2.89 bits per heavy atom. The van der Waals surface area contributed by atoms with Gasteiger partial charge in [-0.1, -0.05) is 54.1 Å². The predicted molar refractivity (Wildman–Crippen MR) is 77.7 cm³/mol. The smallest absolute Gasteiger partial charge is 0.0846 e. The molecule has 0 aromatic heterocycles. The van der Waals surface area contributed by atoms with E-state index in [1.54, 1.807) is 0 Å². The fourth-order valence-electron chi connectivity index (χ4n) is 3.27. The van der Waals surface area contributed by atoms with Crippen molar-refractivity contribution in [2.75, 3.05) is 13.1 Å². The van der Waals surface area contributed by atoms with E-state index in [0.29, 0.717) is 0 Å². The van der Waals surface area contributed by atoms with E-state index in [9.17, 15) is 5.11 Å². The maximum Gasteiger partial charge on any atom is 0.0846 e. The molecule has 1 saturated heterocycles. The second-order valence-corrected chi connectivity index (χ2v) is 5.91. The van der Waals surface area contributed by atoms with Gasteiger partial charge in [0.15, 0.2) is 0 Å². The van der Waals surface area contributed by atoms with E-state index < -0.39 is 5.60 Å². The third-order valence-corrected chi connectivity index (χ3v) is 4.11. The summed E-state index contributed by atoms with van der Waals surface area (Å²) in [6.45, 7) is 4.57. The summed E-state index contributed by atoms with van der Waals surface area (Å²) in [6, 6.07) is 10.5. The monoisotopic (exact) mass is 255 g/mol. The Labute approximate surface area is 115 Å². The zero-order valence-corrected chi connectivity index (χ0v) is 11.4. The average molecular weight is 255 g/mol. The summed E-state index contributed by atoms with van der Waals surface area (Å²) in [5, 5.41) is 10.7. The Balaban J connectivity index is 1.77. The van der Waals surface area contributed by atoms with Gasteiger partial charge in [-0.15, -0.1) is 0 Å².